The lowest BCUT2D eigenvalue weighted by Gasteiger charge is -2.37. The van der Waals surface area contributed by atoms with Gasteiger partial charge in [-0.15, -0.1) is 0 Å². The zero-order chi connectivity index (χ0) is 27.4. The van der Waals surface area contributed by atoms with Crippen LogP contribution in [0, 0.1) is 5.92 Å². The predicted molar refractivity (Wildman–Crippen MR) is 154 cm³/mol. The van der Waals surface area contributed by atoms with Crippen LogP contribution in [0.2, 0.25) is 5.02 Å². The normalized spacial score (nSPS) is 17.3. The van der Waals surface area contributed by atoms with Gasteiger partial charge in [0, 0.05) is 49.9 Å². The number of nitrogens with zero attached hydrogens (tertiary/aromatic N) is 3. The maximum absolute atomic E-state index is 13.6. The van der Waals surface area contributed by atoms with Gasteiger partial charge in [0.15, 0.2) is 0 Å². The number of hydrogen-bond acceptors (Lipinski definition) is 5. The highest BCUT2D eigenvalue weighted by molar-refractivity contribution is 7.89. The number of piperidine rings is 1. The second kappa shape index (κ2) is 12.0. The third-order valence-corrected chi connectivity index (χ3v) is 9.87. The number of rotatable bonds is 7. The van der Waals surface area contributed by atoms with Gasteiger partial charge in [-0.25, -0.2) is 8.42 Å². The van der Waals surface area contributed by atoms with E-state index in [-0.39, 0.29) is 10.8 Å². The molecule has 2 heterocycles. The lowest BCUT2D eigenvalue weighted by molar-refractivity contribution is 0.0746. The number of methoxy groups -OCH3 is 1. The number of sulfonamides is 1. The van der Waals surface area contributed by atoms with Gasteiger partial charge in [-0.3, -0.25) is 4.79 Å². The quantitative estimate of drug-likeness (QED) is 0.404. The standard InChI is InChI=1S/C30H34ClN3O4S/c1-38-29-12-11-27(39(36,37)34-15-13-24(14-16-34)21-23-5-3-2-4-6-23)22-28(29)32-17-19-33(20-18-32)30(35)25-7-9-26(31)10-8-25/h2-12,22,24H,13-21H2,1H3. The van der Waals surface area contributed by atoms with Crippen LogP contribution in [0.15, 0.2) is 77.7 Å². The molecule has 0 saturated carbocycles. The molecule has 5 rings (SSSR count). The zero-order valence-corrected chi connectivity index (χ0v) is 23.7. The Morgan fingerprint density at radius 2 is 1.56 bits per heavy atom. The van der Waals surface area contributed by atoms with Crippen molar-refractivity contribution < 1.29 is 17.9 Å². The van der Waals surface area contributed by atoms with Gasteiger partial charge >= 0.3 is 0 Å². The van der Waals surface area contributed by atoms with Crippen LogP contribution in [0.25, 0.3) is 0 Å². The number of anilines is 1. The predicted octanol–water partition coefficient (Wildman–Crippen LogP) is 4.95. The maximum atomic E-state index is 13.6. The fourth-order valence-electron chi connectivity index (χ4n) is 5.45. The van der Waals surface area contributed by atoms with Crippen LogP contribution in [-0.4, -0.2) is 69.9 Å². The molecule has 0 atom stereocenters. The second-order valence-electron chi connectivity index (χ2n) is 10.2. The Morgan fingerprint density at radius 3 is 2.21 bits per heavy atom. The number of hydrogen-bond donors (Lipinski definition) is 0. The number of piperazine rings is 1. The number of halogens is 1. The molecule has 2 saturated heterocycles. The van der Waals surface area contributed by atoms with Gasteiger partial charge in [0.2, 0.25) is 10.0 Å². The van der Waals surface area contributed by atoms with Gasteiger partial charge in [-0.2, -0.15) is 4.31 Å². The molecule has 0 aliphatic carbocycles. The third-order valence-electron chi connectivity index (χ3n) is 7.73. The van der Waals surface area contributed by atoms with E-state index in [9.17, 15) is 13.2 Å². The van der Waals surface area contributed by atoms with Crippen molar-refractivity contribution in [2.24, 2.45) is 5.92 Å². The van der Waals surface area contributed by atoms with E-state index in [0.717, 1.165) is 24.9 Å². The summed E-state index contributed by atoms with van der Waals surface area (Å²) in [5.74, 6) is 1.07. The van der Waals surface area contributed by atoms with Crippen LogP contribution < -0.4 is 9.64 Å². The van der Waals surface area contributed by atoms with Crippen molar-refractivity contribution in [3.63, 3.8) is 0 Å². The summed E-state index contributed by atoms with van der Waals surface area (Å²) < 4.78 is 34.4. The van der Waals surface area contributed by atoms with Crippen molar-refractivity contribution in [2.45, 2.75) is 24.2 Å². The first kappa shape index (κ1) is 27.5. The Labute approximate surface area is 236 Å². The fraction of sp³-hybridized carbons (Fsp3) is 0.367. The van der Waals surface area contributed by atoms with E-state index in [1.165, 1.54) is 5.56 Å². The molecule has 206 valence electrons. The average molecular weight is 568 g/mol. The molecule has 0 aromatic heterocycles. The largest absolute Gasteiger partial charge is 0.495 e. The van der Waals surface area contributed by atoms with Gasteiger partial charge in [0.25, 0.3) is 5.91 Å². The monoisotopic (exact) mass is 567 g/mol. The minimum Gasteiger partial charge on any atom is -0.495 e. The molecule has 0 bridgehead atoms. The summed E-state index contributed by atoms with van der Waals surface area (Å²) in [6.45, 7) is 3.24. The number of carbonyl (C=O) groups excluding carboxylic acids is 1. The molecule has 0 N–H and O–H groups in total. The summed E-state index contributed by atoms with van der Waals surface area (Å²) in [6.07, 6.45) is 2.68. The Hall–Kier alpha value is -3.07. The minimum atomic E-state index is -3.63. The van der Waals surface area contributed by atoms with E-state index in [2.05, 4.69) is 17.0 Å². The highest BCUT2D eigenvalue weighted by atomic mass is 35.5. The summed E-state index contributed by atoms with van der Waals surface area (Å²) in [7, 11) is -2.04. The van der Waals surface area contributed by atoms with E-state index in [1.807, 2.05) is 23.1 Å². The van der Waals surface area contributed by atoms with E-state index in [4.69, 9.17) is 16.3 Å². The molecular formula is C30H34ClN3O4S. The zero-order valence-electron chi connectivity index (χ0n) is 22.1. The lowest BCUT2D eigenvalue weighted by Crippen LogP contribution is -2.49. The Kier molecular flexibility index (Phi) is 8.45. The first-order chi connectivity index (χ1) is 18.8. The highest BCUT2D eigenvalue weighted by Crippen LogP contribution is 2.34. The van der Waals surface area contributed by atoms with Gasteiger partial charge in [0.05, 0.1) is 17.7 Å². The maximum Gasteiger partial charge on any atom is 0.253 e. The van der Waals surface area contributed by atoms with E-state index < -0.39 is 10.0 Å². The SMILES string of the molecule is COc1ccc(S(=O)(=O)N2CCC(Cc3ccccc3)CC2)cc1N1CCN(C(=O)c2ccc(Cl)cc2)CC1. The van der Waals surface area contributed by atoms with Gasteiger partial charge < -0.3 is 14.5 Å². The number of carbonyl (C=O) groups is 1. The van der Waals surface area contributed by atoms with E-state index in [1.54, 1.807) is 53.9 Å². The third kappa shape index (κ3) is 6.24. The van der Waals surface area contributed by atoms with Crippen molar-refractivity contribution >= 4 is 33.2 Å². The van der Waals surface area contributed by atoms with Gasteiger partial charge in [0.1, 0.15) is 5.75 Å². The number of benzene rings is 3. The molecule has 7 nitrogen and oxygen atoms in total. The Morgan fingerprint density at radius 1 is 0.897 bits per heavy atom. The minimum absolute atomic E-state index is 0.0368. The molecule has 3 aromatic carbocycles. The molecule has 2 aliphatic heterocycles. The Bertz CT molecular complexity index is 1380. The number of ether oxygens (including phenoxy) is 1. The second-order valence-corrected chi connectivity index (χ2v) is 12.5. The van der Waals surface area contributed by atoms with Crippen molar-refractivity contribution in [3.05, 3.63) is 88.9 Å². The molecule has 0 spiro atoms. The summed E-state index contributed by atoms with van der Waals surface area (Å²) >= 11 is 5.96. The topological polar surface area (TPSA) is 70.2 Å². The van der Waals surface area contributed by atoms with Crippen LogP contribution in [0.4, 0.5) is 5.69 Å². The first-order valence-corrected chi connectivity index (χ1v) is 15.2. The van der Waals surface area contributed by atoms with Crippen molar-refractivity contribution in [1.29, 1.82) is 0 Å². The summed E-state index contributed by atoms with van der Waals surface area (Å²) in [4.78, 5) is 17.1. The van der Waals surface area contributed by atoms with E-state index >= 15 is 0 Å². The number of amides is 1. The van der Waals surface area contributed by atoms with Crippen LogP contribution >= 0.6 is 11.6 Å². The lowest BCUT2D eigenvalue weighted by atomic mass is 9.91. The van der Waals surface area contributed by atoms with Crippen LogP contribution in [0.1, 0.15) is 28.8 Å². The highest BCUT2D eigenvalue weighted by Gasteiger charge is 2.31. The summed E-state index contributed by atoms with van der Waals surface area (Å²) in [5, 5.41) is 0.592. The van der Waals surface area contributed by atoms with Crippen molar-refractivity contribution in [1.82, 2.24) is 9.21 Å². The van der Waals surface area contributed by atoms with Crippen molar-refractivity contribution in [2.75, 3.05) is 51.3 Å². The summed E-state index contributed by atoms with van der Waals surface area (Å²) in [5.41, 5.74) is 2.63. The molecule has 39 heavy (non-hydrogen) atoms. The Balaban J connectivity index is 1.25. The van der Waals surface area contributed by atoms with E-state index in [0.29, 0.717) is 61.5 Å². The van der Waals surface area contributed by atoms with Crippen LogP contribution in [0.5, 0.6) is 5.75 Å². The van der Waals surface area contributed by atoms with Crippen LogP contribution in [0.3, 0.4) is 0 Å². The fourth-order valence-corrected chi connectivity index (χ4v) is 7.07. The van der Waals surface area contributed by atoms with Crippen LogP contribution in [-0.2, 0) is 16.4 Å². The van der Waals surface area contributed by atoms with Crippen molar-refractivity contribution in [3.8, 4) is 5.75 Å². The molecule has 3 aromatic rings. The first-order valence-electron chi connectivity index (χ1n) is 13.4. The molecular weight excluding hydrogens is 534 g/mol. The molecule has 9 heteroatoms. The molecule has 2 aliphatic rings. The molecule has 0 radical (unpaired) electrons. The summed E-state index contributed by atoms with van der Waals surface area (Å²) in [6, 6.07) is 22.4. The van der Waals surface area contributed by atoms with Gasteiger partial charge in [-0.05, 0) is 73.2 Å². The smallest absolute Gasteiger partial charge is 0.253 e. The average Bonchev–Trinajstić information content (AvgIpc) is 2.98. The molecule has 2 fully saturated rings. The molecule has 0 unspecified atom stereocenters. The van der Waals surface area contributed by atoms with Gasteiger partial charge in [-0.1, -0.05) is 41.9 Å². The molecule has 1 amide bonds.